The molecule has 1 aliphatic rings. The summed E-state index contributed by atoms with van der Waals surface area (Å²) in [6, 6.07) is 4.87. The topological polar surface area (TPSA) is 70.2 Å². The molecule has 0 saturated carbocycles. The molecule has 5 nitrogen and oxygen atoms in total. The van der Waals surface area contributed by atoms with Crippen molar-refractivity contribution in [2.45, 2.75) is 25.9 Å². The van der Waals surface area contributed by atoms with E-state index in [-0.39, 0.29) is 11.8 Å². The van der Waals surface area contributed by atoms with Gasteiger partial charge >= 0.3 is 0 Å². The van der Waals surface area contributed by atoms with Crippen LogP contribution in [0.3, 0.4) is 0 Å². The molecule has 0 radical (unpaired) electrons. The average Bonchev–Trinajstić information content (AvgIpc) is 2.67. The summed E-state index contributed by atoms with van der Waals surface area (Å²) < 4.78 is 0. The lowest BCUT2D eigenvalue weighted by Crippen LogP contribution is -2.44. The molecule has 0 saturated heterocycles. The number of carbonyl (C=O) groups excluding carboxylic acids is 2. The minimum absolute atomic E-state index is 0.116. The highest BCUT2D eigenvalue weighted by Gasteiger charge is 2.33. The molecule has 2 unspecified atom stereocenters. The molecule has 1 heterocycles. The Balaban J connectivity index is 2.23. The van der Waals surface area contributed by atoms with Crippen LogP contribution in [0, 0.1) is 6.92 Å². The van der Waals surface area contributed by atoms with Crippen molar-refractivity contribution in [3.8, 4) is 0 Å². The fourth-order valence-electron chi connectivity index (χ4n) is 2.15. The van der Waals surface area contributed by atoms with Crippen LogP contribution >= 0.6 is 0 Å². The van der Waals surface area contributed by atoms with Crippen LogP contribution < -0.4 is 16.0 Å². The Morgan fingerprint density at radius 2 is 2.17 bits per heavy atom. The highest BCUT2D eigenvalue weighted by Crippen LogP contribution is 2.33. The Morgan fingerprint density at radius 3 is 2.83 bits per heavy atom. The standard InChI is InChI=1S/C13H17N3O2/c1-7-5-4-6-9-10(7)16-13(18)11(9)15-8(2)12(17)14-3/h4-6,8,11,15H,1-3H3,(H,14,17)(H,16,18). The summed E-state index contributed by atoms with van der Waals surface area (Å²) in [6.07, 6.45) is 0. The molecule has 0 bridgehead atoms. The summed E-state index contributed by atoms with van der Waals surface area (Å²) in [5.74, 6) is -0.251. The summed E-state index contributed by atoms with van der Waals surface area (Å²) in [6.45, 7) is 3.68. The van der Waals surface area contributed by atoms with E-state index in [2.05, 4.69) is 16.0 Å². The van der Waals surface area contributed by atoms with E-state index >= 15 is 0 Å². The molecular formula is C13H17N3O2. The minimum atomic E-state index is -0.466. The predicted octanol–water partition coefficient (Wildman–Crippen LogP) is 0.712. The molecule has 0 aliphatic carbocycles. The van der Waals surface area contributed by atoms with Gasteiger partial charge in [-0.1, -0.05) is 18.2 Å². The van der Waals surface area contributed by atoms with Crippen LogP contribution in [0.5, 0.6) is 0 Å². The van der Waals surface area contributed by atoms with Gasteiger partial charge in [0.15, 0.2) is 0 Å². The van der Waals surface area contributed by atoms with Gasteiger partial charge < -0.3 is 10.6 Å². The molecule has 2 atom stereocenters. The summed E-state index contributed by atoms with van der Waals surface area (Å²) in [7, 11) is 1.58. The first kappa shape index (κ1) is 12.6. The van der Waals surface area contributed by atoms with E-state index in [1.165, 1.54) is 0 Å². The molecule has 1 aliphatic heterocycles. The Bertz CT molecular complexity index is 499. The Kier molecular flexibility index (Phi) is 3.34. The highest BCUT2D eigenvalue weighted by molar-refractivity contribution is 6.03. The van der Waals surface area contributed by atoms with E-state index in [9.17, 15) is 9.59 Å². The van der Waals surface area contributed by atoms with Crippen molar-refractivity contribution >= 4 is 17.5 Å². The smallest absolute Gasteiger partial charge is 0.246 e. The Labute approximate surface area is 106 Å². The van der Waals surface area contributed by atoms with Crippen LogP contribution in [-0.2, 0) is 9.59 Å². The molecule has 0 spiro atoms. The van der Waals surface area contributed by atoms with Crippen LogP contribution in [0.25, 0.3) is 0 Å². The van der Waals surface area contributed by atoms with Crippen molar-refractivity contribution in [1.82, 2.24) is 10.6 Å². The van der Waals surface area contributed by atoms with Gasteiger partial charge in [-0.25, -0.2) is 0 Å². The predicted molar refractivity (Wildman–Crippen MR) is 69.2 cm³/mol. The third-order valence-electron chi connectivity index (χ3n) is 3.18. The number of hydrogen-bond acceptors (Lipinski definition) is 3. The van der Waals surface area contributed by atoms with Gasteiger partial charge in [-0.05, 0) is 19.4 Å². The maximum absolute atomic E-state index is 11.9. The monoisotopic (exact) mass is 247 g/mol. The average molecular weight is 247 g/mol. The number of anilines is 1. The van der Waals surface area contributed by atoms with Crippen LogP contribution in [0.2, 0.25) is 0 Å². The van der Waals surface area contributed by atoms with E-state index in [4.69, 9.17) is 0 Å². The SMILES string of the molecule is CNC(=O)C(C)NC1C(=O)Nc2c(C)cccc21. The summed E-state index contributed by atoms with van der Waals surface area (Å²) in [4.78, 5) is 23.4. The molecule has 0 aromatic heterocycles. The zero-order chi connectivity index (χ0) is 13.3. The number of benzene rings is 1. The molecule has 5 heteroatoms. The van der Waals surface area contributed by atoms with Crippen molar-refractivity contribution in [2.24, 2.45) is 0 Å². The normalized spacial score (nSPS) is 19.1. The molecule has 2 rings (SSSR count). The maximum Gasteiger partial charge on any atom is 0.246 e. The number of amides is 2. The first-order valence-electron chi connectivity index (χ1n) is 5.92. The fourth-order valence-corrected chi connectivity index (χ4v) is 2.15. The van der Waals surface area contributed by atoms with Gasteiger partial charge in [0.05, 0.1) is 6.04 Å². The molecule has 96 valence electrons. The molecule has 1 aromatic carbocycles. The molecule has 2 amide bonds. The van der Waals surface area contributed by atoms with Crippen LogP contribution in [-0.4, -0.2) is 24.9 Å². The van der Waals surface area contributed by atoms with Crippen LogP contribution in [0.4, 0.5) is 5.69 Å². The van der Waals surface area contributed by atoms with E-state index in [0.29, 0.717) is 0 Å². The van der Waals surface area contributed by atoms with Gasteiger partial charge in [0.1, 0.15) is 6.04 Å². The Hall–Kier alpha value is -1.88. The van der Waals surface area contributed by atoms with Gasteiger partial charge in [-0.2, -0.15) is 0 Å². The number of fused-ring (bicyclic) bond motifs is 1. The second-order valence-electron chi connectivity index (χ2n) is 4.46. The van der Waals surface area contributed by atoms with Gasteiger partial charge in [-0.3, -0.25) is 14.9 Å². The van der Waals surface area contributed by atoms with Gasteiger partial charge in [0.25, 0.3) is 0 Å². The van der Waals surface area contributed by atoms with E-state index in [0.717, 1.165) is 16.8 Å². The maximum atomic E-state index is 11.9. The van der Waals surface area contributed by atoms with Crippen molar-refractivity contribution in [1.29, 1.82) is 0 Å². The lowest BCUT2D eigenvalue weighted by Gasteiger charge is -2.17. The number of aryl methyl sites for hydroxylation is 1. The van der Waals surface area contributed by atoms with E-state index < -0.39 is 12.1 Å². The lowest BCUT2D eigenvalue weighted by atomic mass is 10.0. The van der Waals surface area contributed by atoms with Crippen molar-refractivity contribution < 1.29 is 9.59 Å². The third-order valence-corrected chi connectivity index (χ3v) is 3.18. The van der Waals surface area contributed by atoms with Crippen molar-refractivity contribution in [3.63, 3.8) is 0 Å². The summed E-state index contributed by atoms with van der Waals surface area (Å²) in [5, 5.41) is 8.44. The first-order chi connectivity index (χ1) is 8.54. The molecule has 18 heavy (non-hydrogen) atoms. The first-order valence-corrected chi connectivity index (χ1v) is 5.92. The summed E-state index contributed by atoms with van der Waals surface area (Å²) >= 11 is 0. The van der Waals surface area contributed by atoms with E-state index in [1.807, 2.05) is 25.1 Å². The quantitative estimate of drug-likeness (QED) is 0.737. The Morgan fingerprint density at radius 1 is 1.44 bits per heavy atom. The van der Waals surface area contributed by atoms with Crippen molar-refractivity contribution in [3.05, 3.63) is 29.3 Å². The lowest BCUT2D eigenvalue weighted by molar-refractivity contribution is -0.123. The number of nitrogens with one attached hydrogen (secondary N) is 3. The van der Waals surface area contributed by atoms with Gasteiger partial charge in [0, 0.05) is 18.3 Å². The number of para-hydroxylation sites is 1. The molecule has 1 aromatic rings. The zero-order valence-electron chi connectivity index (χ0n) is 10.7. The molecule has 3 N–H and O–H groups in total. The number of hydrogen-bond donors (Lipinski definition) is 3. The second kappa shape index (κ2) is 4.78. The zero-order valence-corrected chi connectivity index (χ0v) is 10.7. The van der Waals surface area contributed by atoms with Gasteiger partial charge in [0.2, 0.25) is 11.8 Å². The fraction of sp³-hybridized carbons (Fsp3) is 0.385. The van der Waals surface area contributed by atoms with Crippen molar-refractivity contribution in [2.75, 3.05) is 12.4 Å². The number of likely N-dealkylation sites (N-methyl/N-ethyl adjacent to an activating group) is 1. The molecule has 0 fully saturated rings. The molecular weight excluding hydrogens is 230 g/mol. The minimum Gasteiger partial charge on any atom is -0.358 e. The van der Waals surface area contributed by atoms with E-state index in [1.54, 1.807) is 14.0 Å². The van der Waals surface area contributed by atoms with Crippen LogP contribution in [0.1, 0.15) is 24.1 Å². The van der Waals surface area contributed by atoms with Gasteiger partial charge in [-0.15, -0.1) is 0 Å². The summed E-state index contributed by atoms with van der Waals surface area (Å²) in [5.41, 5.74) is 2.78. The highest BCUT2D eigenvalue weighted by atomic mass is 16.2. The number of carbonyl (C=O) groups is 2. The number of rotatable bonds is 3. The third kappa shape index (κ3) is 2.09. The largest absolute Gasteiger partial charge is 0.358 e. The second-order valence-corrected chi connectivity index (χ2v) is 4.46. The van der Waals surface area contributed by atoms with Crippen LogP contribution in [0.15, 0.2) is 18.2 Å².